The first-order valence-corrected chi connectivity index (χ1v) is 7.15. The van der Waals surface area contributed by atoms with E-state index in [1.165, 1.54) is 0 Å². The van der Waals surface area contributed by atoms with Gasteiger partial charge < -0.3 is 19.7 Å². The summed E-state index contributed by atoms with van der Waals surface area (Å²) >= 11 is 0. The third-order valence-electron chi connectivity index (χ3n) is 3.24. The molecule has 0 fully saturated rings. The Morgan fingerprint density at radius 3 is 2.62 bits per heavy atom. The zero-order valence-corrected chi connectivity index (χ0v) is 12.9. The van der Waals surface area contributed by atoms with E-state index in [1.807, 2.05) is 30.3 Å². The fourth-order valence-corrected chi connectivity index (χ4v) is 2.07. The number of benzene rings is 2. The van der Waals surface area contributed by atoms with Crippen LogP contribution in [0, 0.1) is 0 Å². The first-order chi connectivity index (χ1) is 11.7. The second-order valence-corrected chi connectivity index (χ2v) is 4.93. The molecule has 1 aromatic heterocycles. The summed E-state index contributed by atoms with van der Waals surface area (Å²) < 4.78 is 15.7. The second-order valence-electron chi connectivity index (χ2n) is 4.93. The highest BCUT2D eigenvalue weighted by Crippen LogP contribution is 2.26. The van der Waals surface area contributed by atoms with Gasteiger partial charge in [0.05, 0.1) is 7.11 Å². The van der Waals surface area contributed by atoms with Crippen LogP contribution in [-0.2, 0) is 4.79 Å². The largest absolute Gasteiger partial charge is 0.497 e. The summed E-state index contributed by atoms with van der Waals surface area (Å²) in [4.78, 5) is 15.2. The third-order valence-corrected chi connectivity index (χ3v) is 3.24. The maximum atomic E-state index is 10.8. The molecule has 0 spiro atoms. The van der Waals surface area contributed by atoms with Gasteiger partial charge in [-0.1, -0.05) is 11.2 Å². The van der Waals surface area contributed by atoms with Crippen LogP contribution in [0.2, 0.25) is 0 Å². The molecule has 1 amide bonds. The first-order valence-electron chi connectivity index (χ1n) is 7.15. The maximum Gasteiger partial charge on any atom is 0.258 e. The van der Waals surface area contributed by atoms with Crippen molar-refractivity contribution in [3.8, 4) is 34.3 Å². The maximum absolute atomic E-state index is 10.8. The molecule has 1 heterocycles. The third kappa shape index (κ3) is 3.52. The lowest BCUT2D eigenvalue weighted by atomic mass is 10.2. The van der Waals surface area contributed by atoms with Gasteiger partial charge in [0.25, 0.3) is 11.8 Å². The predicted molar refractivity (Wildman–Crippen MR) is 86.4 cm³/mol. The highest BCUT2D eigenvalue weighted by Gasteiger charge is 2.11. The number of nitrogens with zero attached hydrogens (tertiary/aromatic N) is 2. The highest BCUT2D eigenvalue weighted by molar-refractivity contribution is 5.75. The second kappa shape index (κ2) is 6.82. The molecule has 122 valence electrons. The Bertz CT molecular complexity index is 843. The number of primary amides is 1. The number of carbonyl (C=O) groups is 1. The summed E-state index contributed by atoms with van der Waals surface area (Å²) in [7, 11) is 1.61. The quantitative estimate of drug-likeness (QED) is 0.746. The van der Waals surface area contributed by atoms with Gasteiger partial charge in [-0.25, -0.2) is 0 Å². The van der Waals surface area contributed by atoms with Gasteiger partial charge in [-0.05, 0) is 42.5 Å². The molecule has 3 aromatic rings. The van der Waals surface area contributed by atoms with Gasteiger partial charge in [0.15, 0.2) is 6.61 Å². The number of aromatic nitrogens is 2. The van der Waals surface area contributed by atoms with Crippen molar-refractivity contribution in [3.05, 3.63) is 48.5 Å². The molecule has 0 aliphatic rings. The molecule has 0 radical (unpaired) electrons. The lowest BCUT2D eigenvalue weighted by Crippen LogP contribution is -2.19. The van der Waals surface area contributed by atoms with E-state index in [1.54, 1.807) is 25.3 Å². The standard InChI is InChI=1S/C17H15N3O4/c1-22-13-7-5-11(6-8-13)16-19-17(24-20-16)12-3-2-4-14(9-12)23-10-15(18)21/h2-9H,10H2,1H3,(H2,18,21). The van der Waals surface area contributed by atoms with Crippen molar-refractivity contribution in [1.29, 1.82) is 0 Å². The molecule has 0 aliphatic carbocycles. The minimum atomic E-state index is -0.542. The van der Waals surface area contributed by atoms with Crippen molar-refractivity contribution in [2.24, 2.45) is 5.73 Å². The average Bonchev–Trinajstić information content (AvgIpc) is 3.10. The van der Waals surface area contributed by atoms with Crippen LogP contribution in [0.25, 0.3) is 22.8 Å². The fourth-order valence-electron chi connectivity index (χ4n) is 2.07. The summed E-state index contributed by atoms with van der Waals surface area (Å²) in [5.74, 6) is 1.53. The monoisotopic (exact) mass is 325 g/mol. The summed E-state index contributed by atoms with van der Waals surface area (Å²) in [5, 5.41) is 3.98. The van der Waals surface area contributed by atoms with Crippen LogP contribution in [0.3, 0.4) is 0 Å². The summed E-state index contributed by atoms with van der Waals surface area (Å²) in [6.45, 7) is -0.190. The topological polar surface area (TPSA) is 100 Å². The Kier molecular flexibility index (Phi) is 4.42. The normalized spacial score (nSPS) is 10.4. The van der Waals surface area contributed by atoms with Crippen LogP contribution in [0.4, 0.5) is 0 Å². The van der Waals surface area contributed by atoms with Crippen LogP contribution >= 0.6 is 0 Å². The molecular formula is C17H15N3O4. The Morgan fingerprint density at radius 2 is 1.92 bits per heavy atom. The van der Waals surface area contributed by atoms with Crippen LogP contribution < -0.4 is 15.2 Å². The zero-order chi connectivity index (χ0) is 16.9. The lowest BCUT2D eigenvalue weighted by Gasteiger charge is -2.03. The average molecular weight is 325 g/mol. The van der Waals surface area contributed by atoms with Crippen molar-refractivity contribution in [2.45, 2.75) is 0 Å². The number of ether oxygens (including phenoxy) is 2. The fraction of sp³-hybridized carbons (Fsp3) is 0.118. The molecule has 0 aliphatic heterocycles. The van der Waals surface area contributed by atoms with E-state index in [0.29, 0.717) is 23.0 Å². The van der Waals surface area contributed by atoms with E-state index in [4.69, 9.17) is 19.7 Å². The highest BCUT2D eigenvalue weighted by atomic mass is 16.5. The SMILES string of the molecule is COc1ccc(-c2noc(-c3cccc(OCC(N)=O)c3)n2)cc1. The van der Waals surface area contributed by atoms with Crippen LogP contribution in [0.1, 0.15) is 0 Å². The Labute approximate surface area is 138 Å². The van der Waals surface area contributed by atoms with E-state index in [9.17, 15) is 4.79 Å². The molecule has 0 atom stereocenters. The van der Waals surface area contributed by atoms with Crippen molar-refractivity contribution in [2.75, 3.05) is 13.7 Å². The molecule has 0 bridgehead atoms. The minimum absolute atomic E-state index is 0.190. The minimum Gasteiger partial charge on any atom is -0.497 e. The number of methoxy groups -OCH3 is 1. The van der Waals surface area contributed by atoms with Gasteiger partial charge in [0, 0.05) is 11.1 Å². The molecule has 7 nitrogen and oxygen atoms in total. The van der Waals surface area contributed by atoms with Crippen molar-refractivity contribution in [3.63, 3.8) is 0 Å². The molecule has 3 rings (SSSR count). The first kappa shape index (κ1) is 15.5. The number of nitrogens with two attached hydrogens (primary N) is 1. The van der Waals surface area contributed by atoms with Gasteiger partial charge in [0.2, 0.25) is 5.82 Å². The smallest absolute Gasteiger partial charge is 0.258 e. The molecule has 24 heavy (non-hydrogen) atoms. The number of rotatable bonds is 6. The number of amides is 1. The van der Waals surface area contributed by atoms with Crippen molar-refractivity contribution in [1.82, 2.24) is 10.1 Å². The molecule has 2 N–H and O–H groups in total. The van der Waals surface area contributed by atoms with Crippen molar-refractivity contribution >= 4 is 5.91 Å². The lowest BCUT2D eigenvalue weighted by molar-refractivity contribution is -0.119. The van der Waals surface area contributed by atoms with E-state index in [0.717, 1.165) is 11.3 Å². The van der Waals surface area contributed by atoms with E-state index in [-0.39, 0.29) is 6.61 Å². The summed E-state index contributed by atoms with van der Waals surface area (Å²) in [6.07, 6.45) is 0. The van der Waals surface area contributed by atoms with Gasteiger partial charge in [-0.3, -0.25) is 4.79 Å². The Balaban J connectivity index is 1.82. The van der Waals surface area contributed by atoms with E-state index in [2.05, 4.69) is 10.1 Å². The number of carbonyl (C=O) groups excluding carboxylic acids is 1. The van der Waals surface area contributed by atoms with E-state index < -0.39 is 5.91 Å². The van der Waals surface area contributed by atoms with Gasteiger partial charge in [-0.15, -0.1) is 0 Å². The number of hydrogen-bond acceptors (Lipinski definition) is 6. The van der Waals surface area contributed by atoms with Crippen LogP contribution in [-0.4, -0.2) is 29.8 Å². The summed E-state index contributed by atoms with van der Waals surface area (Å²) in [5.41, 5.74) is 6.56. The van der Waals surface area contributed by atoms with Gasteiger partial charge in [-0.2, -0.15) is 4.98 Å². The van der Waals surface area contributed by atoms with Crippen LogP contribution in [0.15, 0.2) is 53.1 Å². The van der Waals surface area contributed by atoms with Gasteiger partial charge in [0.1, 0.15) is 11.5 Å². The number of hydrogen-bond donors (Lipinski definition) is 1. The summed E-state index contributed by atoms with van der Waals surface area (Å²) in [6, 6.07) is 14.3. The van der Waals surface area contributed by atoms with Crippen molar-refractivity contribution < 1.29 is 18.8 Å². The molecule has 2 aromatic carbocycles. The Morgan fingerprint density at radius 1 is 1.12 bits per heavy atom. The van der Waals surface area contributed by atoms with E-state index >= 15 is 0 Å². The zero-order valence-electron chi connectivity index (χ0n) is 12.9. The molecule has 7 heteroatoms. The molecule has 0 unspecified atom stereocenters. The predicted octanol–water partition coefficient (Wildman–Crippen LogP) is 2.28. The molecule has 0 saturated heterocycles. The molecule has 0 saturated carbocycles. The Hall–Kier alpha value is -3.35. The molecular weight excluding hydrogens is 310 g/mol. The van der Waals surface area contributed by atoms with Gasteiger partial charge >= 0.3 is 0 Å². The van der Waals surface area contributed by atoms with Crippen LogP contribution in [0.5, 0.6) is 11.5 Å².